The molecule has 20 heavy (non-hydrogen) atoms. The van der Waals surface area contributed by atoms with Crippen molar-refractivity contribution in [3.05, 3.63) is 29.8 Å². The number of anilines is 1. The number of carbonyl (C=O) groups is 1. The standard InChI is InChI=1S/C16H24N2O2/c1-12(2)20-11-14-5-7-15(8-6-14)18-16(19)10-17-9-13-3-4-13/h5-8,12-13,17H,3-4,9-11H2,1-2H3,(H,18,19). The lowest BCUT2D eigenvalue weighted by molar-refractivity contribution is -0.115. The molecule has 1 fully saturated rings. The van der Waals surface area contributed by atoms with E-state index in [1.54, 1.807) is 0 Å². The predicted molar refractivity (Wildman–Crippen MR) is 80.6 cm³/mol. The molecule has 0 saturated heterocycles. The molecular formula is C16H24N2O2. The molecular weight excluding hydrogens is 252 g/mol. The van der Waals surface area contributed by atoms with E-state index in [-0.39, 0.29) is 12.0 Å². The number of ether oxygens (including phenoxy) is 1. The van der Waals surface area contributed by atoms with Gasteiger partial charge in [0.1, 0.15) is 0 Å². The summed E-state index contributed by atoms with van der Waals surface area (Å²) in [6.45, 7) is 5.98. The van der Waals surface area contributed by atoms with Gasteiger partial charge in [0.15, 0.2) is 0 Å². The Hall–Kier alpha value is -1.39. The molecule has 1 aromatic rings. The lowest BCUT2D eigenvalue weighted by Crippen LogP contribution is -2.29. The predicted octanol–water partition coefficient (Wildman–Crippen LogP) is 2.55. The molecule has 0 atom stereocenters. The topological polar surface area (TPSA) is 50.4 Å². The van der Waals surface area contributed by atoms with Gasteiger partial charge in [-0.25, -0.2) is 0 Å². The number of hydrogen-bond donors (Lipinski definition) is 2. The summed E-state index contributed by atoms with van der Waals surface area (Å²) in [6, 6.07) is 7.79. The highest BCUT2D eigenvalue weighted by Gasteiger charge is 2.20. The molecule has 0 bridgehead atoms. The molecule has 1 aliphatic carbocycles. The lowest BCUT2D eigenvalue weighted by atomic mass is 10.2. The zero-order chi connectivity index (χ0) is 14.4. The molecule has 0 heterocycles. The van der Waals surface area contributed by atoms with Gasteiger partial charge in [-0.1, -0.05) is 12.1 Å². The first kappa shape index (κ1) is 15.0. The Morgan fingerprint density at radius 3 is 2.60 bits per heavy atom. The van der Waals surface area contributed by atoms with Gasteiger partial charge in [0, 0.05) is 5.69 Å². The quantitative estimate of drug-likeness (QED) is 0.767. The van der Waals surface area contributed by atoms with Gasteiger partial charge in [-0.2, -0.15) is 0 Å². The number of nitrogens with one attached hydrogen (secondary N) is 2. The smallest absolute Gasteiger partial charge is 0.238 e. The monoisotopic (exact) mass is 276 g/mol. The Bertz CT molecular complexity index is 425. The SMILES string of the molecule is CC(C)OCc1ccc(NC(=O)CNCC2CC2)cc1. The van der Waals surface area contributed by atoms with Crippen LogP contribution in [0.3, 0.4) is 0 Å². The van der Waals surface area contributed by atoms with Crippen LogP contribution in [0.25, 0.3) is 0 Å². The van der Waals surface area contributed by atoms with Crippen LogP contribution in [0.15, 0.2) is 24.3 Å². The van der Waals surface area contributed by atoms with Crippen LogP contribution in [0.2, 0.25) is 0 Å². The summed E-state index contributed by atoms with van der Waals surface area (Å²) in [5.74, 6) is 0.805. The summed E-state index contributed by atoms with van der Waals surface area (Å²) in [7, 11) is 0. The van der Waals surface area contributed by atoms with Crippen LogP contribution in [0.5, 0.6) is 0 Å². The molecule has 1 saturated carbocycles. The lowest BCUT2D eigenvalue weighted by Gasteiger charge is -2.09. The van der Waals surface area contributed by atoms with Crippen molar-refractivity contribution in [2.45, 2.75) is 39.4 Å². The third-order valence-electron chi connectivity index (χ3n) is 3.24. The van der Waals surface area contributed by atoms with Gasteiger partial charge >= 0.3 is 0 Å². The van der Waals surface area contributed by atoms with E-state index < -0.39 is 0 Å². The summed E-state index contributed by atoms with van der Waals surface area (Å²) in [5, 5.41) is 6.07. The first-order chi connectivity index (χ1) is 9.63. The van der Waals surface area contributed by atoms with Gasteiger partial charge in [0.2, 0.25) is 5.91 Å². The maximum absolute atomic E-state index is 11.7. The molecule has 1 aromatic carbocycles. The van der Waals surface area contributed by atoms with Gasteiger partial charge in [-0.3, -0.25) is 4.79 Å². The second kappa shape index (κ2) is 7.41. The Kier molecular flexibility index (Phi) is 5.56. The maximum Gasteiger partial charge on any atom is 0.238 e. The Morgan fingerprint density at radius 1 is 1.30 bits per heavy atom. The zero-order valence-electron chi connectivity index (χ0n) is 12.3. The summed E-state index contributed by atoms with van der Waals surface area (Å²) < 4.78 is 5.53. The minimum absolute atomic E-state index is 0.0110. The number of carbonyl (C=O) groups excluding carboxylic acids is 1. The molecule has 1 aliphatic rings. The van der Waals surface area contributed by atoms with E-state index >= 15 is 0 Å². The van der Waals surface area contributed by atoms with Gasteiger partial charge < -0.3 is 15.4 Å². The van der Waals surface area contributed by atoms with E-state index in [4.69, 9.17) is 4.74 Å². The minimum atomic E-state index is 0.0110. The summed E-state index contributed by atoms with van der Waals surface area (Å²) in [4.78, 5) is 11.7. The van der Waals surface area contributed by atoms with Crippen LogP contribution in [0.4, 0.5) is 5.69 Å². The molecule has 0 aliphatic heterocycles. The molecule has 4 nitrogen and oxygen atoms in total. The average molecular weight is 276 g/mol. The Balaban J connectivity index is 1.70. The van der Waals surface area contributed by atoms with E-state index in [1.165, 1.54) is 12.8 Å². The zero-order valence-corrected chi connectivity index (χ0v) is 12.3. The van der Waals surface area contributed by atoms with E-state index in [0.717, 1.165) is 23.7 Å². The summed E-state index contributed by atoms with van der Waals surface area (Å²) in [6.07, 6.45) is 2.83. The molecule has 4 heteroatoms. The first-order valence-electron chi connectivity index (χ1n) is 7.34. The highest BCUT2D eigenvalue weighted by molar-refractivity contribution is 5.92. The fourth-order valence-electron chi connectivity index (χ4n) is 1.86. The number of hydrogen-bond acceptors (Lipinski definition) is 3. The molecule has 0 unspecified atom stereocenters. The van der Waals surface area contributed by atoms with Crippen LogP contribution in [0.1, 0.15) is 32.3 Å². The molecule has 0 radical (unpaired) electrons. The van der Waals surface area contributed by atoms with Gasteiger partial charge in [0.05, 0.1) is 19.3 Å². The van der Waals surface area contributed by atoms with E-state index in [1.807, 2.05) is 38.1 Å². The van der Waals surface area contributed by atoms with Crippen LogP contribution >= 0.6 is 0 Å². The van der Waals surface area contributed by atoms with Gasteiger partial charge in [-0.15, -0.1) is 0 Å². The molecule has 2 rings (SSSR count). The van der Waals surface area contributed by atoms with Crippen molar-refractivity contribution in [1.29, 1.82) is 0 Å². The third kappa shape index (κ3) is 5.72. The fraction of sp³-hybridized carbons (Fsp3) is 0.562. The second-order valence-corrected chi connectivity index (χ2v) is 5.68. The van der Waals surface area contributed by atoms with E-state index in [0.29, 0.717) is 13.2 Å². The van der Waals surface area contributed by atoms with Crippen molar-refractivity contribution in [3.63, 3.8) is 0 Å². The second-order valence-electron chi connectivity index (χ2n) is 5.68. The highest BCUT2D eigenvalue weighted by atomic mass is 16.5. The summed E-state index contributed by atoms with van der Waals surface area (Å²) >= 11 is 0. The third-order valence-corrected chi connectivity index (χ3v) is 3.24. The van der Waals surface area contributed by atoms with Crippen molar-refractivity contribution in [3.8, 4) is 0 Å². The number of rotatable bonds is 8. The van der Waals surface area contributed by atoms with Gasteiger partial charge in [0.25, 0.3) is 0 Å². The van der Waals surface area contributed by atoms with Crippen molar-refractivity contribution >= 4 is 11.6 Å². The fourth-order valence-corrected chi connectivity index (χ4v) is 1.86. The van der Waals surface area contributed by atoms with Crippen LogP contribution < -0.4 is 10.6 Å². The van der Waals surface area contributed by atoms with Crippen molar-refractivity contribution in [1.82, 2.24) is 5.32 Å². The molecule has 1 amide bonds. The van der Waals surface area contributed by atoms with Crippen molar-refractivity contribution in [2.24, 2.45) is 5.92 Å². The number of benzene rings is 1. The minimum Gasteiger partial charge on any atom is -0.374 e. The Morgan fingerprint density at radius 2 is 2.00 bits per heavy atom. The molecule has 2 N–H and O–H groups in total. The van der Waals surface area contributed by atoms with Gasteiger partial charge in [-0.05, 0) is 56.8 Å². The van der Waals surface area contributed by atoms with E-state index in [2.05, 4.69) is 10.6 Å². The molecule has 0 aromatic heterocycles. The summed E-state index contributed by atoms with van der Waals surface area (Å²) in [5.41, 5.74) is 1.94. The highest BCUT2D eigenvalue weighted by Crippen LogP contribution is 2.27. The van der Waals surface area contributed by atoms with Crippen molar-refractivity contribution in [2.75, 3.05) is 18.4 Å². The van der Waals surface area contributed by atoms with Crippen LogP contribution in [0, 0.1) is 5.92 Å². The molecule has 110 valence electrons. The average Bonchev–Trinajstić information content (AvgIpc) is 3.22. The largest absolute Gasteiger partial charge is 0.374 e. The molecule has 0 spiro atoms. The van der Waals surface area contributed by atoms with Crippen molar-refractivity contribution < 1.29 is 9.53 Å². The van der Waals surface area contributed by atoms with Crippen LogP contribution in [-0.2, 0) is 16.1 Å². The van der Waals surface area contributed by atoms with Crippen LogP contribution in [-0.4, -0.2) is 25.1 Å². The first-order valence-corrected chi connectivity index (χ1v) is 7.34. The van der Waals surface area contributed by atoms with E-state index in [9.17, 15) is 4.79 Å². The maximum atomic E-state index is 11.7. The normalized spacial score (nSPS) is 14.6. The number of amides is 1. The Labute approximate surface area is 120 Å².